The van der Waals surface area contributed by atoms with Crippen molar-refractivity contribution in [2.75, 3.05) is 20.2 Å². The molecule has 1 aromatic heterocycles. The van der Waals surface area contributed by atoms with Crippen LogP contribution in [0.1, 0.15) is 35.6 Å². The molecular formula is C30H33N3O4. The molecule has 3 heterocycles. The lowest BCUT2D eigenvalue weighted by Gasteiger charge is -2.43. The third kappa shape index (κ3) is 5.77. The molecule has 0 saturated carbocycles. The van der Waals surface area contributed by atoms with E-state index in [1.165, 1.54) is 0 Å². The van der Waals surface area contributed by atoms with E-state index in [1.54, 1.807) is 19.2 Å². The summed E-state index contributed by atoms with van der Waals surface area (Å²) < 4.78 is 7.07. The zero-order chi connectivity index (χ0) is 25.8. The topological polar surface area (TPSA) is 80.6 Å². The fraction of sp³-hybridized carbons (Fsp3) is 0.367. The number of carbonyl (C=O) groups excluding carboxylic acids is 2. The van der Waals surface area contributed by atoms with Gasteiger partial charge in [0.25, 0.3) is 5.56 Å². The van der Waals surface area contributed by atoms with Gasteiger partial charge >= 0.3 is 0 Å². The SMILES string of the molecule is COc1ccc(CCC(=O)N[C@@H](Cc2ccccc2)C(=O)N2CC3CC(C2)c2cccc(=O)n2C3)cc1. The largest absolute Gasteiger partial charge is 0.497 e. The lowest BCUT2D eigenvalue weighted by molar-refractivity contribution is -0.138. The van der Waals surface area contributed by atoms with Crippen molar-refractivity contribution in [1.82, 2.24) is 14.8 Å². The van der Waals surface area contributed by atoms with Gasteiger partial charge in [-0.05, 0) is 48.1 Å². The first-order valence-corrected chi connectivity index (χ1v) is 12.9. The third-order valence-corrected chi connectivity index (χ3v) is 7.51. The first kappa shape index (κ1) is 24.8. The van der Waals surface area contributed by atoms with Crippen LogP contribution in [0, 0.1) is 5.92 Å². The molecule has 1 saturated heterocycles. The Balaban J connectivity index is 1.29. The summed E-state index contributed by atoms with van der Waals surface area (Å²) in [4.78, 5) is 41.1. The summed E-state index contributed by atoms with van der Waals surface area (Å²) in [6.45, 7) is 1.79. The molecule has 7 heteroatoms. The number of rotatable bonds is 8. The highest BCUT2D eigenvalue weighted by atomic mass is 16.5. The number of pyridine rings is 1. The first-order chi connectivity index (χ1) is 18.0. The monoisotopic (exact) mass is 499 g/mol. The fourth-order valence-corrected chi connectivity index (χ4v) is 5.66. The van der Waals surface area contributed by atoms with Gasteiger partial charge in [0.2, 0.25) is 11.8 Å². The Labute approximate surface area is 217 Å². The van der Waals surface area contributed by atoms with Crippen LogP contribution in [0.3, 0.4) is 0 Å². The average Bonchev–Trinajstić information content (AvgIpc) is 2.92. The summed E-state index contributed by atoms with van der Waals surface area (Å²) in [6, 6.07) is 22.2. The zero-order valence-electron chi connectivity index (χ0n) is 21.1. The first-order valence-electron chi connectivity index (χ1n) is 12.9. The summed E-state index contributed by atoms with van der Waals surface area (Å²) in [5.74, 6) is 0.953. The van der Waals surface area contributed by atoms with Crippen molar-refractivity contribution < 1.29 is 14.3 Å². The number of carbonyl (C=O) groups is 2. The van der Waals surface area contributed by atoms with Crippen molar-refractivity contribution >= 4 is 11.8 Å². The maximum Gasteiger partial charge on any atom is 0.250 e. The van der Waals surface area contributed by atoms with E-state index in [0.29, 0.717) is 38.9 Å². The van der Waals surface area contributed by atoms with Gasteiger partial charge in [0.15, 0.2) is 0 Å². The molecule has 3 atom stereocenters. The number of fused-ring (bicyclic) bond motifs is 4. The van der Waals surface area contributed by atoms with E-state index in [1.807, 2.05) is 70.1 Å². The number of aromatic nitrogens is 1. The zero-order valence-corrected chi connectivity index (χ0v) is 21.1. The van der Waals surface area contributed by atoms with Crippen LogP contribution in [-0.2, 0) is 29.0 Å². The molecule has 37 heavy (non-hydrogen) atoms. The second kappa shape index (κ2) is 11.0. The second-order valence-corrected chi connectivity index (χ2v) is 10.1. The lowest BCUT2D eigenvalue weighted by Crippen LogP contribution is -2.55. The molecule has 0 aliphatic carbocycles. The van der Waals surface area contributed by atoms with Crippen LogP contribution < -0.4 is 15.6 Å². The maximum absolute atomic E-state index is 13.8. The van der Waals surface area contributed by atoms with Crippen LogP contribution in [0.25, 0.3) is 0 Å². The molecule has 192 valence electrons. The van der Waals surface area contributed by atoms with Crippen molar-refractivity contribution in [1.29, 1.82) is 0 Å². The lowest BCUT2D eigenvalue weighted by atomic mass is 9.83. The number of hydrogen-bond donors (Lipinski definition) is 1. The summed E-state index contributed by atoms with van der Waals surface area (Å²) in [7, 11) is 1.63. The van der Waals surface area contributed by atoms with Gasteiger partial charge in [-0.15, -0.1) is 0 Å². The molecule has 2 aliphatic rings. The summed E-state index contributed by atoms with van der Waals surface area (Å²) >= 11 is 0. The minimum atomic E-state index is -0.637. The highest BCUT2D eigenvalue weighted by Crippen LogP contribution is 2.35. The number of aryl methyl sites for hydroxylation is 1. The predicted octanol–water partition coefficient (Wildman–Crippen LogP) is 3.16. The Morgan fingerprint density at radius 2 is 1.73 bits per heavy atom. The number of benzene rings is 2. The van der Waals surface area contributed by atoms with Crippen molar-refractivity contribution in [3.8, 4) is 5.75 Å². The number of piperidine rings is 1. The maximum atomic E-state index is 13.8. The van der Waals surface area contributed by atoms with Gasteiger partial charge in [-0.1, -0.05) is 48.5 Å². The molecule has 5 rings (SSSR count). The molecule has 2 aliphatic heterocycles. The standard InChI is InChI=1S/C30H33N3O4/c1-37-25-13-10-21(11-14-25)12-15-28(34)31-26(17-22-6-3-2-4-7-22)30(36)32-18-23-16-24(20-32)27-8-5-9-29(35)33(27)19-23/h2-11,13-14,23-24,26H,12,15-20H2,1H3,(H,31,34)/t23?,24?,26-/m0/s1. The molecule has 7 nitrogen and oxygen atoms in total. The van der Waals surface area contributed by atoms with Crippen molar-refractivity contribution in [3.63, 3.8) is 0 Å². The number of nitrogens with one attached hydrogen (secondary N) is 1. The van der Waals surface area contributed by atoms with Crippen molar-refractivity contribution in [3.05, 3.63) is 100.0 Å². The normalized spacial score (nSPS) is 19.0. The second-order valence-electron chi connectivity index (χ2n) is 10.1. The van der Waals surface area contributed by atoms with Crippen molar-refractivity contribution in [2.24, 2.45) is 5.92 Å². The summed E-state index contributed by atoms with van der Waals surface area (Å²) in [6.07, 6.45) is 2.30. The van der Waals surface area contributed by atoms with E-state index in [2.05, 4.69) is 5.32 Å². The third-order valence-electron chi connectivity index (χ3n) is 7.51. The van der Waals surface area contributed by atoms with Crippen LogP contribution in [0.15, 0.2) is 77.6 Å². The van der Waals surface area contributed by atoms with E-state index < -0.39 is 6.04 Å². The molecule has 0 radical (unpaired) electrons. The van der Waals surface area contributed by atoms with Gasteiger partial charge < -0.3 is 19.5 Å². The predicted molar refractivity (Wildman–Crippen MR) is 142 cm³/mol. The summed E-state index contributed by atoms with van der Waals surface area (Å²) in [5, 5.41) is 3.04. The number of ether oxygens (including phenoxy) is 1. The van der Waals surface area contributed by atoms with Gasteiger partial charge in [-0.25, -0.2) is 0 Å². The minimum Gasteiger partial charge on any atom is -0.497 e. The molecule has 2 amide bonds. The molecule has 2 unspecified atom stereocenters. The smallest absolute Gasteiger partial charge is 0.250 e. The molecular weight excluding hydrogens is 466 g/mol. The van der Waals surface area contributed by atoms with E-state index in [4.69, 9.17) is 4.74 Å². The van der Waals surface area contributed by atoms with Crippen LogP contribution in [0.4, 0.5) is 0 Å². The minimum absolute atomic E-state index is 0.0260. The van der Waals surface area contributed by atoms with Gasteiger partial charge in [0.05, 0.1) is 7.11 Å². The van der Waals surface area contributed by atoms with E-state index in [-0.39, 0.29) is 29.2 Å². The fourth-order valence-electron chi connectivity index (χ4n) is 5.66. The Morgan fingerprint density at radius 1 is 0.946 bits per heavy atom. The van der Waals surface area contributed by atoms with E-state index >= 15 is 0 Å². The van der Waals surface area contributed by atoms with E-state index in [0.717, 1.165) is 29.0 Å². The quantitative estimate of drug-likeness (QED) is 0.516. The number of methoxy groups -OCH3 is 1. The van der Waals surface area contributed by atoms with E-state index in [9.17, 15) is 14.4 Å². The average molecular weight is 500 g/mol. The number of amides is 2. The van der Waals surface area contributed by atoms with Gasteiger partial charge in [-0.2, -0.15) is 0 Å². The Hall–Kier alpha value is -3.87. The summed E-state index contributed by atoms with van der Waals surface area (Å²) in [5.41, 5.74) is 3.08. The Bertz CT molecular complexity index is 1300. The number of nitrogens with zero attached hydrogens (tertiary/aromatic N) is 2. The van der Waals surface area contributed by atoms with Crippen LogP contribution in [0.5, 0.6) is 5.75 Å². The van der Waals surface area contributed by atoms with Gasteiger partial charge in [0.1, 0.15) is 11.8 Å². The number of likely N-dealkylation sites (tertiary alicyclic amines) is 1. The van der Waals surface area contributed by atoms with Crippen LogP contribution >= 0.6 is 0 Å². The Morgan fingerprint density at radius 3 is 2.49 bits per heavy atom. The Kier molecular flexibility index (Phi) is 7.40. The number of hydrogen-bond acceptors (Lipinski definition) is 4. The molecule has 2 bridgehead atoms. The van der Waals surface area contributed by atoms with Crippen molar-refractivity contribution in [2.45, 2.75) is 44.2 Å². The van der Waals surface area contributed by atoms with Gasteiger partial charge in [-0.3, -0.25) is 14.4 Å². The molecule has 2 aromatic carbocycles. The van der Waals surface area contributed by atoms with Gasteiger partial charge in [0, 0.05) is 50.2 Å². The van der Waals surface area contributed by atoms with Crippen LogP contribution in [-0.4, -0.2) is 47.5 Å². The molecule has 1 fully saturated rings. The molecule has 0 spiro atoms. The highest BCUT2D eigenvalue weighted by Gasteiger charge is 2.38. The molecule has 1 N–H and O–H groups in total. The molecule has 3 aromatic rings. The van der Waals surface area contributed by atoms with Crippen LogP contribution in [0.2, 0.25) is 0 Å². The highest BCUT2D eigenvalue weighted by molar-refractivity contribution is 5.88.